The standard InChI is InChI=1S/C9H19NO.ClH/c1-8(2)11-7-9-3-5-10-6-4-9;/h8-10H,3-7H2,1-2H3;1H. The van der Waals surface area contributed by atoms with Crippen molar-refractivity contribution in [2.75, 3.05) is 19.7 Å². The van der Waals surface area contributed by atoms with Crippen LogP contribution in [0.4, 0.5) is 0 Å². The van der Waals surface area contributed by atoms with E-state index in [1.807, 2.05) is 0 Å². The van der Waals surface area contributed by atoms with Gasteiger partial charge >= 0.3 is 0 Å². The normalized spacial score (nSPS) is 19.2. The summed E-state index contributed by atoms with van der Waals surface area (Å²) in [6.07, 6.45) is 2.96. The molecule has 1 saturated heterocycles. The largest absolute Gasteiger partial charge is 0.379 e. The molecule has 0 aromatic heterocycles. The minimum absolute atomic E-state index is 0. The molecule has 0 radical (unpaired) electrons. The van der Waals surface area contributed by atoms with Crippen molar-refractivity contribution in [1.29, 1.82) is 0 Å². The summed E-state index contributed by atoms with van der Waals surface area (Å²) in [6, 6.07) is 0. The lowest BCUT2D eigenvalue weighted by Crippen LogP contribution is -2.30. The summed E-state index contributed by atoms with van der Waals surface area (Å²) in [5, 5.41) is 3.35. The summed E-state index contributed by atoms with van der Waals surface area (Å²) in [5.74, 6) is 0.804. The second-order valence-corrected chi connectivity index (χ2v) is 3.58. The van der Waals surface area contributed by atoms with E-state index in [1.165, 1.54) is 25.9 Å². The van der Waals surface area contributed by atoms with Gasteiger partial charge in [-0.1, -0.05) is 0 Å². The van der Waals surface area contributed by atoms with Gasteiger partial charge in [0.05, 0.1) is 6.10 Å². The topological polar surface area (TPSA) is 21.3 Å². The SMILES string of the molecule is CC(C)OCC1CCNCC1.Cl. The summed E-state index contributed by atoms with van der Waals surface area (Å²) < 4.78 is 5.55. The first kappa shape index (κ1) is 12.2. The van der Waals surface area contributed by atoms with Crippen molar-refractivity contribution in [1.82, 2.24) is 5.32 Å². The van der Waals surface area contributed by atoms with E-state index in [2.05, 4.69) is 19.2 Å². The van der Waals surface area contributed by atoms with Gasteiger partial charge in [-0.25, -0.2) is 0 Å². The van der Waals surface area contributed by atoms with Crippen LogP contribution in [0.3, 0.4) is 0 Å². The summed E-state index contributed by atoms with van der Waals surface area (Å²) in [6.45, 7) is 7.50. The van der Waals surface area contributed by atoms with E-state index in [4.69, 9.17) is 4.74 Å². The van der Waals surface area contributed by atoms with E-state index >= 15 is 0 Å². The zero-order chi connectivity index (χ0) is 8.10. The second kappa shape index (κ2) is 6.70. The number of nitrogens with one attached hydrogen (secondary N) is 1. The zero-order valence-electron chi connectivity index (χ0n) is 8.01. The zero-order valence-corrected chi connectivity index (χ0v) is 8.82. The second-order valence-electron chi connectivity index (χ2n) is 3.58. The lowest BCUT2D eigenvalue weighted by atomic mass is 9.99. The van der Waals surface area contributed by atoms with Crippen molar-refractivity contribution in [3.63, 3.8) is 0 Å². The molecule has 1 heterocycles. The molecule has 2 nitrogen and oxygen atoms in total. The van der Waals surface area contributed by atoms with Gasteiger partial charge < -0.3 is 10.1 Å². The average Bonchev–Trinajstić information content (AvgIpc) is 2.03. The van der Waals surface area contributed by atoms with Crippen LogP contribution in [0.5, 0.6) is 0 Å². The molecular formula is C9H20ClNO. The van der Waals surface area contributed by atoms with Gasteiger partial charge in [0.15, 0.2) is 0 Å². The highest BCUT2D eigenvalue weighted by atomic mass is 35.5. The summed E-state index contributed by atoms with van der Waals surface area (Å²) in [4.78, 5) is 0. The number of hydrogen-bond acceptors (Lipinski definition) is 2. The third-order valence-corrected chi connectivity index (χ3v) is 2.12. The molecule has 0 bridgehead atoms. The van der Waals surface area contributed by atoms with Crippen molar-refractivity contribution in [2.45, 2.75) is 32.8 Å². The van der Waals surface area contributed by atoms with E-state index in [0.29, 0.717) is 6.10 Å². The monoisotopic (exact) mass is 193 g/mol. The molecule has 3 heteroatoms. The Morgan fingerprint density at radius 3 is 2.42 bits per heavy atom. The first-order valence-electron chi connectivity index (χ1n) is 4.61. The van der Waals surface area contributed by atoms with Crippen LogP contribution in [0.15, 0.2) is 0 Å². The maximum Gasteiger partial charge on any atom is 0.0519 e. The van der Waals surface area contributed by atoms with E-state index in [1.54, 1.807) is 0 Å². The van der Waals surface area contributed by atoms with Crippen LogP contribution < -0.4 is 5.32 Å². The molecular weight excluding hydrogens is 174 g/mol. The molecule has 0 unspecified atom stereocenters. The van der Waals surface area contributed by atoms with Gasteiger partial charge in [-0.3, -0.25) is 0 Å². The Labute approximate surface area is 81.5 Å². The van der Waals surface area contributed by atoms with Gasteiger partial charge in [0, 0.05) is 6.61 Å². The lowest BCUT2D eigenvalue weighted by Gasteiger charge is -2.23. The van der Waals surface area contributed by atoms with E-state index < -0.39 is 0 Å². The minimum Gasteiger partial charge on any atom is -0.379 e. The lowest BCUT2D eigenvalue weighted by molar-refractivity contribution is 0.0432. The molecule has 0 amide bonds. The quantitative estimate of drug-likeness (QED) is 0.739. The van der Waals surface area contributed by atoms with Crippen molar-refractivity contribution < 1.29 is 4.74 Å². The third-order valence-electron chi connectivity index (χ3n) is 2.12. The van der Waals surface area contributed by atoms with Crippen LogP contribution in [0, 0.1) is 5.92 Å². The van der Waals surface area contributed by atoms with E-state index in [-0.39, 0.29) is 12.4 Å². The van der Waals surface area contributed by atoms with Crippen molar-refractivity contribution in [3.05, 3.63) is 0 Å². The van der Waals surface area contributed by atoms with Crippen LogP contribution in [0.2, 0.25) is 0 Å². The fourth-order valence-corrected chi connectivity index (χ4v) is 1.38. The van der Waals surface area contributed by atoms with Gasteiger partial charge in [-0.05, 0) is 45.7 Å². The van der Waals surface area contributed by atoms with E-state index in [0.717, 1.165) is 12.5 Å². The fourth-order valence-electron chi connectivity index (χ4n) is 1.38. The van der Waals surface area contributed by atoms with Crippen LogP contribution in [-0.4, -0.2) is 25.8 Å². The molecule has 0 aliphatic carbocycles. The van der Waals surface area contributed by atoms with Gasteiger partial charge in [-0.2, -0.15) is 0 Å². The van der Waals surface area contributed by atoms with Crippen LogP contribution in [0.25, 0.3) is 0 Å². The van der Waals surface area contributed by atoms with Crippen molar-refractivity contribution in [2.24, 2.45) is 5.92 Å². The number of piperidine rings is 1. The fraction of sp³-hybridized carbons (Fsp3) is 1.00. The van der Waals surface area contributed by atoms with Crippen molar-refractivity contribution >= 4 is 12.4 Å². The summed E-state index contributed by atoms with van der Waals surface area (Å²) >= 11 is 0. The molecule has 74 valence electrons. The average molecular weight is 194 g/mol. The molecule has 1 N–H and O–H groups in total. The Bertz CT molecular complexity index is 103. The maximum atomic E-state index is 5.55. The predicted molar refractivity (Wildman–Crippen MR) is 53.9 cm³/mol. The highest BCUT2D eigenvalue weighted by Crippen LogP contribution is 2.12. The van der Waals surface area contributed by atoms with Crippen LogP contribution >= 0.6 is 12.4 Å². The summed E-state index contributed by atoms with van der Waals surface area (Å²) in [5.41, 5.74) is 0. The van der Waals surface area contributed by atoms with Crippen LogP contribution in [-0.2, 0) is 4.74 Å². The molecule has 0 atom stereocenters. The summed E-state index contributed by atoms with van der Waals surface area (Å²) in [7, 11) is 0. The van der Waals surface area contributed by atoms with Crippen LogP contribution in [0.1, 0.15) is 26.7 Å². The molecule has 0 aromatic carbocycles. The highest BCUT2D eigenvalue weighted by Gasteiger charge is 2.12. The first-order valence-corrected chi connectivity index (χ1v) is 4.61. The molecule has 0 aromatic rings. The molecule has 1 aliphatic heterocycles. The van der Waals surface area contributed by atoms with E-state index in [9.17, 15) is 0 Å². The first-order chi connectivity index (χ1) is 5.29. The number of halogens is 1. The highest BCUT2D eigenvalue weighted by molar-refractivity contribution is 5.85. The Balaban J connectivity index is 0.00000121. The molecule has 12 heavy (non-hydrogen) atoms. The Morgan fingerprint density at radius 1 is 1.33 bits per heavy atom. The third kappa shape index (κ3) is 4.96. The Kier molecular flexibility index (Phi) is 6.81. The predicted octanol–water partition coefficient (Wildman–Crippen LogP) is 1.83. The molecule has 1 fully saturated rings. The van der Waals surface area contributed by atoms with Crippen molar-refractivity contribution in [3.8, 4) is 0 Å². The molecule has 0 spiro atoms. The van der Waals surface area contributed by atoms with Gasteiger partial charge in [0.25, 0.3) is 0 Å². The van der Waals surface area contributed by atoms with Gasteiger partial charge in [0.1, 0.15) is 0 Å². The molecule has 1 rings (SSSR count). The van der Waals surface area contributed by atoms with Gasteiger partial charge in [-0.15, -0.1) is 12.4 Å². The minimum atomic E-state index is 0. The maximum absolute atomic E-state index is 5.55. The smallest absolute Gasteiger partial charge is 0.0519 e. The molecule has 1 aliphatic rings. The Morgan fingerprint density at radius 2 is 1.92 bits per heavy atom. The Hall–Kier alpha value is 0.210. The number of rotatable bonds is 3. The number of ether oxygens (including phenoxy) is 1. The molecule has 0 saturated carbocycles. The van der Waals surface area contributed by atoms with Gasteiger partial charge in [0.2, 0.25) is 0 Å². The number of hydrogen-bond donors (Lipinski definition) is 1.